The molecule has 0 amide bonds. The second-order valence-electron chi connectivity index (χ2n) is 4.78. The lowest BCUT2D eigenvalue weighted by Crippen LogP contribution is -2.33. The third kappa shape index (κ3) is 3.67. The summed E-state index contributed by atoms with van der Waals surface area (Å²) in [6.45, 7) is 3.12. The van der Waals surface area contributed by atoms with Gasteiger partial charge in [0.25, 0.3) is 0 Å². The number of hydrogen-bond acceptors (Lipinski definition) is 4. The number of halogens is 1. The Balaban J connectivity index is 2.02. The molecule has 0 aromatic heterocycles. The summed E-state index contributed by atoms with van der Waals surface area (Å²) < 4.78 is 10.5. The Morgan fingerprint density at radius 3 is 2.68 bits per heavy atom. The average Bonchev–Trinajstić information content (AvgIpc) is 2.46. The molecule has 1 heterocycles. The number of benzene rings is 1. The standard InChI is InChI=1S/C14H21ClN2O2/c1-18-13-6-11(15)12(7-14(13)19-2)17-9-10-4-3-5-16-8-10/h6-7,10,16-17H,3-5,8-9H2,1-2H3. The molecule has 1 fully saturated rings. The van der Waals surface area contributed by atoms with Crippen LogP contribution in [0.4, 0.5) is 5.69 Å². The van der Waals surface area contributed by atoms with Crippen molar-refractivity contribution in [3.63, 3.8) is 0 Å². The molecule has 1 aromatic carbocycles. The highest BCUT2D eigenvalue weighted by Gasteiger charge is 2.14. The van der Waals surface area contributed by atoms with E-state index in [1.54, 1.807) is 20.3 Å². The molecule has 4 nitrogen and oxygen atoms in total. The summed E-state index contributed by atoms with van der Waals surface area (Å²) in [5.41, 5.74) is 0.893. The molecule has 0 aliphatic carbocycles. The molecule has 2 rings (SSSR count). The topological polar surface area (TPSA) is 42.5 Å². The van der Waals surface area contributed by atoms with E-state index in [0.29, 0.717) is 22.4 Å². The van der Waals surface area contributed by atoms with Gasteiger partial charge >= 0.3 is 0 Å². The van der Waals surface area contributed by atoms with Crippen LogP contribution in [0.1, 0.15) is 12.8 Å². The van der Waals surface area contributed by atoms with E-state index in [1.165, 1.54) is 12.8 Å². The van der Waals surface area contributed by atoms with Gasteiger partial charge in [0.05, 0.1) is 24.9 Å². The van der Waals surface area contributed by atoms with Crippen LogP contribution in [0.5, 0.6) is 11.5 Å². The van der Waals surface area contributed by atoms with Gasteiger partial charge in [0, 0.05) is 18.7 Å². The van der Waals surface area contributed by atoms with Gasteiger partial charge in [-0.2, -0.15) is 0 Å². The van der Waals surface area contributed by atoms with Crippen molar-refractivity contribution < 1.29 is 9.47 Å². The first-order valence-electron chi connectivity index (χ1n) is 6.60. The first-order chi connectivity index (χ1) is 9.24. The molecule has 1 aliphatic heterocycles. The van der Waals surface area contributed by atoms with Gasteiger partial charge in [0.15, 0.2) is 11.5 Å². The first kappa shape index (κ1) is 14.3. The number of ether oxygens (including phenoxy) is 2. The minimum atomic E-state index is 0.650. The fourth-order valence-corrected chi connectivity index (χ4v) is 2.56. The minimum absolute atomic E-state index is 0.650. The number of methoxy groups -OCH3 is 2. The molecule has 1 atom stereocenters. The van der Waals surface area contributed by atoms with E-state index in [2.05, 4.69) is 10.6 Å². The molecule has 0 radical (unpaired) electrons. The van der Waals surface area contributed by atoms with E-state index in [0.717, 1.165) is 25.3 Å². The lowest BCUT2D eigenvalue weighted by atomic mass is 10.00. The zero-order chi connectivity index (χ0) is 13.7. The summed E-state index contributed by atoms with van der Waals surface area (Å²) in [6.07, 6.45) is 2.50. The Kier molecular flexibility index (Phi) is 5.16. The van der Waals surface area contributed by atoms with Gasteiger partial charge < -0.3 is 20.1 Å². The number of piperidine rings is 1. The van der Waals surface area contributed by atoms with Crippen LogP contribution in [0.25, 0.3) is 0 Å². The highest BCUT2D eigenvalue weighted by molar-refractivity contribution is 6.33. The van der Waals surface area contributed by atoms with E-state index in [9.17, 15) is 0 Å². The molecule has 0 bridgehead atoms. The lowest BCUT2D eigenvalue weighted by molar-refractivity contribution is 0.355. The van der Waals surface area contributed by atoms with Crippen LogP contribution in [0.3, 0.4) is 0 Å². The Morgan fingerprint density at radius 1 is 1.32 bits per heavy atom. The third-order valence-corrected chi connectivity index (χ3v) is 3.77. The van der Waals surface area contributed by atoms with Crippen LogP contribution in [0, 0.1) is 5.92 Å². The van der Waals surface area contributed by atoms with E-state index in [1.807, 2.05) is 6.07 Å². The van der Waals surface area contributed by atoms with E-state index in [-0.39, 0.29) is 0 Å². The summed E-state index contributed by atoms with van der Waals surface area (Å²) in [5, 5.41) is 7.46. The predicted molar refractivity (Wildman–Crippen MR) is 78.6 cm³/mol. The van der Waals surface area contributed by atoms with Crippen molar-refractivity contribution in [1.82, 2.24) is 5.32 Å². The monoisotopic (exact) mass is 284 g/mol. The Morgan fingerprint density at radius 2 is 2.05 bits per heavy atom. The molecule has 5 heteroatoms. The molecule has 0 saturated carbocycles. The van der Waals surface area contributed by atoms with Crippen LogP contribution < -0.4 is 20.1 Å². The summed E-state index contributed by atoms with van der Waals surface area (Å²) in [5.74, 6) is 1.99. The molecule has 19 heavy (non-hydrogen) atoms. The first-order valence-corrected chi connectivity index (χ1v) is 6.98. The van der Waals surface area contributed by atoms with Gasteiger partial charge in [0.1, 0.15) is 0 Å². The summed E-state index contributed by atoms with van der Waals surface area (Å²) >= 11 is 6.24. The number of hydrogen-bond donors (Lipinski definition) is 2. The molecule has 1 unspecified atom stereocenters. The van der Waals surface area contributed by atoms with Crippen molar-refractivity contribution in [3.8, 4) is 11.5 Å². The molecule has 1 saturated heterocycles. The molecule has 1 aliphatic rings. The van der Waals surface area contributed by atoms with Crippen LogP contribution in [-0.4, -0.2) is 33.9 Å². The lowest BCUT2D eigenvalue weighted by Gasteiger charge is -2.24. The molecule has 1 aromatic rings. The van der Waals surface area contributed by atoms with E-state index < -0.39 is 0 Å². The Hall–Kier alpha value is -1.13. The maximum Gasteiger partial charge on any atom is 0.162 e. The largest absolute Gasteiger partial charge is 0.493 e. The number of anilines is 1. The predicted octanol–water partition coefficient (Wildman–Crippen LogP) is 2.77. The molecule has 0 spiro atoms. The van der Waals surface area contributed by atoms with Gasteiger partial charge in [-0.25, -0.2) is 0 Å². The van der Waals surface area contributed by atoms with Crippen LogP contribution >= 0.6 is 11.6 Å². The fraction of sp³-hybridized carbons (Fsp3) is 0.571. The van der Waals surface area contributed by atoms with Gasteiger partial charge in [-0.05, 0) is 31.8 Å². The molecule has 106 valence electrons. The van der Waals surface area contributed by atoms with Gasteiger partial charge in [-0.1, -0.05) is 11.6 Å². The van der Waals surface area contributed by atoms with Crippen molar-refractivity contribution in [2.75, 3.05) is 39.2 Å². The van der Waals surface area contributed by atoms with Crippen LogP contribution in [0.15, 0.2) is 12.1 Å². The summed E-state index contributed by atoms with van der Waals surface area (Å²) in [7, 11) is 3.23. The average molecular weight is 285 g/mol. The molecular weight excluding hydrogens is 264 g/mol. The second kappa shape index (κ2) is 6.87. The molecular formula is C14H21ClN2O2. The normalized spacial score (nSPS) is 19.0. The Bertz CT molecular complexity index is 420. The van der Waals surface area contributed by atoms with E-state index >= 15 is 0 Å². The smallest absolute Gasteiger partial charge is 0.162 e. The van der Waals surface area contributed by atoms with Crippen LogP contribution in [0.2, 0.25) is 5.02 Å². The van der Waals surface area contributed by atoms with Crippen molar-refractivity contribution in [2.24, 2.45) is 5.92 Å². The van der Waals surface area contributed by atoms with Gasteiger partial charge in [-0.15, -0.1) is 0 Å². The van der Waals surface area contributed by atoms with Gasteiger partial charge in [-0.3, -0.25) is 0 Å². The summed E-state index contributed by atoms with van der Waals surface area (Å²) in [4.78, 5) is 0. The SMILES string of the molecule is COc1cc(Cl)c(NCC2CCCNC2)cc1OC. The summed E-state index contributed by atoms with van der Waals surface area (Å²) in [6, 6.07) is 3.67. The maximum atomic E-state index is 6.24. The van der Waals surface area contributed by atoms with Crippen molar-refractivity contribution in [3.05, 3.63) is 17.2 Å². The Labute approximate surface area is 119 Å². The number of rotatable bonds is 5. The second-order valence-corrected chi connectivity index (χ2v) is 5.19. The van der Waals surface area contributed by atoms with Crippen molar-refractivity contribution >= 4 is 17.3 Å². The maximum absolute atomic E-state index is 6.24. The highest BCUT2D eigenvalue weighted by Crippen LogP contribution is 2.36. The van der Waals surface area contributed by atoms with Gasteiger partial charge in [0.2, 0.25) is 0 Å². The quantitative estimate of drug-likeness (QED) is 0.872. The van der Waals surface area contributed by atoms with Crippen molar-refractivity contribution in [1.29, 1.82) is 0 Å². The zero-order valence-electron chi connectivity index (χ0n) is 11.5. The highest BCUT2D eigenvalue weighted by atomic mass is 35.5. The third-order valence-electron chi connectivity index (χ3n) is 3.45. The van der Waals surface area contributed by atoms with Crippen LogP contribution in [-0.2, 0) is 0 Å². The number of nitrogens with one attached hydrogen (secondary N) is 2. The fourth-order valence-electron chi connectivity index (χ4n) is 2.34. The zero-order valence-corrected chi connectivity index (χ0v) is 12.2. The van der Waals surface area contributed by atoms with Crippen molar-refractivity contribution in [2.45, 2.75) is 12.8 Å². The van der Waals surface area contributed by atoms with E-state index in [4.69, 9.17) is 21.1 Å². The minimum Gasteiger partial charge on any atom is -0.493 e. The molecule has 2 N–H and O–H groups in total.